The van der Waals surface area contributed by atoms with E-state index in [0.29, 0.717) is 22.2 Å². The molecule has 0 aliphatic carbocycles. The normalized spacial score (nSPS) is 16.5. The maximum absolute atomic E-state index is 13.2. The van der Waals surface area contributed by atoms with Crippen molar-refractivity contribution in [3.8, 4) is 11.5 Å². The molecule has 0 bridgehead atoms. The first-order valence-corrected chi connectivity index (χ1v) is 10.5. The van der Waals surface area contributed by atoms with Gasteiger partial charge in [-0.1, -0.05) is 12.1 Å². The molecule has 0 saturated heterocycles. The summed E-state index contributed by atoms with van der Waals surface area (Å²) < 4.78 is 5.46. The van der Waals surface area contributed by atoms with Crippen LogP contribution in [0.5, 0.6) is 11.5 Å². The highest BCUT2D eigenvalue weighted by molar-refractivity contribution is 7.14. The highest BCUT2D eigenvalue weighted by atomic mass is 32.1. The minimum absolute atomic E-state index is 0.0270. The van der Waals surface area contributed by atoms with Gasteiger partial charge in [-0.2, -0.15) is 0 Å². The Labute approximate surface area is 174 Å². The Morgan fingerprint density at radius 1 is 1.24 bits per heavy atom. The number of rotatable bonds is 6. The Bertz CT molecular complexity index is 1090. The molecule has 7 nitrogen and oxygen atoms in total. The maximum Gasteiger partial charge on any atom is 0.296 e. The van der Waals surface area contributed by atoms with Crippen LogP contribution in [0.2, 0.25) is 0 Å². The van der Waals surface area contributed by atoms with Crippen LogP contribution in [-0.2, 0) is 4.79 Å². The van der Waals surface area contributed by atoms with Crippen LogP contribution in [-0.4, -0.2) is 33.5 Å². The van der Waals surface area contributed by atoms with Gasteiger partial charge in [0.05, 0.1) is 23.1 Å². The van der Waals surface area contributed by atoms with Gasteiger partial charge in [-0.3, -0.25) is 14.5 Å². The topological polar surface area (TPSA) is 100.0 Å². The van der Waals surface area contributed by atoms with Gasteiger partial charge in [0.15, 0.2) is 22.4 Å². The Morgan fingerprint density at radius 3 is 2.72 bits per heavy atom. The van der Waals surface area contributed by atoms with Gasteiger partial charge in [-0.15, -0.1) is 22.7 Å². The van der Waals surface area contributed by atoms with Crippen molar-refractivity contribution < 1.29 is 24.5 Å². The van der Waals surface area contributed by atoms with Crippen molar-refractivity contribution in [2.24, 2.45) is 0 Å². The Hall–Kier alpha value is -3.17. The van der Waals surface area contributed by atoms with Crippen LogP contribution < -0.4 is 9.64 Å². The van der Waals surface area contributed by atoms with Crippen LogP contribution >= 0.6 is 22.7 Å². The van der Waals surface area contributed by atoms with E-state index in [2.05, 4.69) is 4.98 Å². The lowest BCUT2D eigenvalue weighted by Gasteiger charge is -2.25. The molecule has 2 aromatic heterocycles. The smallest absolute Gasteiger partial charge is 0.296 e. The number of carbonyl (C=O) groups is 2. The molecule has 1 aliphatic rings. The number of nitrogens with zero attached hydrogens (tertiary/aromatic N) is 2. The van der Waals surface area contributed by atoms with E-state index in [4.69, 9.17) is 4.74 Å². The molecule has 9 heteroatoms. The average molecular weight is 428 g/mol. The molecule has 3 heterocycles. The second kappa shape index (κ2) is 7.69. The lowest BCUT2D eigenvalue weighted by Crippen LogP contribution is -2.30. The van der Waals surface area contributed by atoms with E-state index in [0.717, 1.165) is 0 Å². The standard InChI is InChI=1S/C20H16N2O5S2/c1-2-27-13-10-11(5-6-12(13)23)16-15(17(24)14-4-3-8-28-14)18(25)19(26)22(16)20-21-7-9-29-20/h3-10,16,23,25H,2H2,1H3/t16-/m1/s1. The Kier molecular flexibility index (Phi) is 5.08. The summed E-state index contributed by atoms with van der Waals surface area (Å²) in [5.74, 6) is -1.56. The molecule has 0 radical (unpaired) electrons. The van der Waals surface area contributed by atoms with E-state index in [1.165, 1.54) is 33.6 Å². The molecule has 0 fully saturated rings. The molecule has 1 amide bonds. The van der Waals surface area contributed by atoms with E-state index in [1.807, 2.05) is 0 Å². The minimum Gasteiger partial charge on any atom is -0.504 e. The van der Waals surface area contributed by atoms with Crippen LogP contribution in [0.4, 0.5) is 5.13 Å². The molecule has 2 N–H and O–H groups in total. The molecule has 3 aromatic rings. The van der Waals surface area contributed by atoms with Gasteiger partial charge < -0.3 is 14.9 Å². The fraction of sp³-hybridized carbons (Fsp3) is 0.150. The van der Waals surface area contributed by atoms with Gasteiger partial charge in [0.2, 0.25) is 5.78 Å². The quantitative estimate of drug-likeness (QED) is 0.574. The number of ketones is 1. The summed E-state index contributed by atoms with van der Waals surface area (Å²) in [5.41, 5.74) is 0.486. The molecule has 148 valence electrons. The van der Waals surface area contributed by atoms with E-state index in [-0.39, 0.29) is 17.1 Å². The molecule has 29 heavy (non-hydrogen) atoms. The number of aliphatic hydroxyl groups is 1. The van der Waals surface area contributed by atoms with E-state index in [9.17, 15) is 19.8 Å². The summed E-state index contributed by atoms with van der Waals surface area (Å²) >= 11 is 2.45. The van der Waals surface area contributed by atoms with Gasteiger partial charge in [-0.25, -0.2) is 4.98 Å². The number of aliphatic hydroxyl groups excluding tert-OH is 1. The fourth-order valence-electron chi connectivity index (χ4n) is 3.20. The zero-order chi connectivity index (χ0) is 20.5. The number of thiazole rings is 1. The second-order valence-corrected chi connectivity index (χ2v) is 7.94. The van der Waals surface area contributed by atoms with Gasteiger partial charge in [0.1, 0.15) is 0 Å². The summed E-state index contributed by atoms with van der Waals surface area (Å²) in [5, 5.41) is 24.5. The third kappa shape index (κ3) is 3.28. The zero-order valence-corrected chi connectivity index (χ0v) is 16.9. The number of thiophene rings is 1. The Morgan fingerprint density at radius 2 is 2.07 bits per heavy atom. The number of phenols is 1. The highest BCUT2D eigenvalue weighted by Gasteiger charge is 2.46. The summed E-state index contributed by atoms with van der Waals surface area (Å²) in [6.07, 6.45) is 1.54. The molecular formula is C20H16N2O5S2. The predicted octanol–water partition coefficient (Wildman–Crippen LogP) is 4.09. The molecule has 4 rings (SSSR count). The van der Waals surface area contributed by atoms with Crippen molar-refractivity contribution in [3.05, 3.63) is 69.1 Å². The number of phenolic OH excluding ortho intramolecular Hbond substituents is 1. The van der Waals surface area contributed by atoms with Gasteiger partial charge in [0.25, 0.3) is 5.91 Å². The van der Waals surface area contributed by atoms with Crippen LogP contribution in [0.15, 0.2) is 58.6 Å². The van der Waals surface area contributed by atoms with E-state index < -0.39 is 23.5 Å². The fourth-order valence-corrected chi connectivity index (χ4v) is 4.54. The number of Topliss-reactive ketones (excluding diaryl/α,β-unsaturated/α-hetero) is 1. The van der Waals surface area contributed by atoms with Gasteiger partial charge in [-0.05, 0) is 36.1 Å². The number of anilines is 1. The summed E-state index contributed by atoms with van der Waals surface area (Å²) in [7, 11) is 0. The third-order valence-electron chi connectivity index (χ3n) is 4.42. The van der Waals surface area contributed by atoms with E-state index in [1.54, 1.807) is 48.1 Å². The molecule has 1 atom stereocenters. The van der Waals surface area contributed by atoms with Crippen LogP contribution in [0.1, 0.15) is 28.2 Å². The van der Waals surface area contributed by atoms with Crippen molar-refractivity contribution in [3.63, 3.8) is 0 Å². The Balaban J connectivity index is 1.88. The summed E-state index contributed by atoms with van der Waals surface area (Å²) in [6.45, 7) is 2.11. The van der Waals surface area contributed by atoms with Crippen molar-refractivity contribution in [2.75, 3.05) is 11.5 Å². The van der Waals surface area contributed by atoms with Crippen LogP contribution in [0, 0.1) is 0 Å². The molecule has 0 unspecified atom stereocenters. The lowest BCUT2D eigenvalue weighted by atomic mass is 9.95. The highest BCUT2D eigenvalue weighted by Crippen LogP contribution is 2.44. The molecule has 1 aromatic carbocycles. The van der Waals surface area contributed by atoms with Gasteiger partial charge in [0, 0.05) is 11.6 Å². The number of hydrogen-bond donors (Lipinski definition) is 2. The number of ether oxygens (including phenoxy) is 1. The predicted molar refractivity (Wildman–Crippen MR) is 110 cm³/mol. The lowest BCUT2D eigenvalue weighted by molar-refractivity contribution is -0.117. The average Bonchev–Trinajstić information content (AvgIpc) is 3.46. The first-order valence-electron chi connectivity index (χ1n) is 8.73. The first-order chi connectivity index (χ1) is 14.0. The number of benzene rings is 1. The van der Waals surface area contributed by atoms with Crippen molar-refractivity contribution in [1.29, 1.82) is 0 Å². The number of amides is 1. The van der Waals surface area contributed by atoms with Crippen molar-refractivity contribution >= 4 is 39.5 Å². The number of hydrogen-bond acceptors (Lipinski definition) is 8. The number of aromatic nitrogens is 1. The molecule has 0 saturated carbocycles. The maximum atomic E-state index is 13.2. The summed E-state index contributed by atoms with van der Waals surface area (Å²) in [6, 6.07) is 7.07. The van der Waals surface area contributed by atoms with Crippen molar-refractivity contribution in [1.82, 2.24) is 4.98 Å². The summed E-state index contributed by atoms with van der Waals surface area (Å²) in [4.78, 5) is 32.0. The van der Waals surface area contributed by atoms with E-state index >= 15 is 0 Å². The largest absolute Gasteiger partial charge is 0.504 e. The zero-order valence-electron chi connectivity index (χ0n) is 15.2. The number of carbonyl (C=O) groups excluding carboxylic acids is 2. The third-order valence-corrected chi connectivity index (χ3v) is 6.06. The minimum atomic E-state index is -0.900. The van der Waals surface area contributed by atoms with Crippen LogP contribution in [0.25, 0.3) is 0 Å². The first kappa shape index (κ1) is 19.2. The second-order valence-electron chi connectivity index (χ2n) is 6.12. The monoisotopic (exact) mass is 428 g/mol. The number of aromatic hydroxyl groups is 1. The molecule has 1 aliphatic heterocycles. The molecular weight excluding hydrogens is 412 g/mol. The molecule has 0 spiro atoms. The van der Waals surface area contributed by atoms with Crippen molar-refractivity contribution in [2.45, 2.75) is 13.0 Å². The van der Waals surface area contributed by atoms with Crippen LogP contribution in [0.3, 0.4) is 0 Å². The SMILES string of the molecule is CCOc1cc([C@@H]2C(C(=O)c3cccs3)=C(O)C(=O)N2c2nccs2)ccc1O. The van der Waals surface area contributed by atoms with Gasteiger partial charge >= 0.3 is 0 Å².